The van der Waals surface area contributed by atoms with E-state index < -0.39 is 34.0 Å². The summed E-state index contributed by atoms with van der Waals surface area (Å²) in [6, 6.07) is 7.82. The summed E-state index contributed by atoms with van der Waals surface area (Å²) in [5.41, 5.74) is -0.130. The summed E-state index contributed by atoms with van der Waals surface area (Å²) in [7, 11) is -3.97. The number of carbonyl (C=O) groups excluding carboxylic acids is 3. The van der Waals surface area contributed by atoms with Gasteiger partial charge in [0.1, 0.15) is 4.21 Å². The number of sulfonamides is 1. The lowest BCUT2D eigenvalue weighted by Gasteiger charge is -2.15. The van der Waals surface area contributed by atoms with E-state index in [0.29, 0.717) is 10.9 Å². The Balaban J connectivity index is 2.14. The molecule has 0 aliphatic rings. The van der Waals surface area contributed by atoms with Crippen molar-refractivity contribution in [2.24, 2.45) is 0 Å². The highest BCUT2D eigenvalue weighted by molar-refractivity contribution is 7.94. The van der Waals surface area contributed by atoms with Gasteiger partial charge in [-0.1, -0.05) is 23.7 Å². The van der Waals surface area contributed by atoms with Crippen molar-refractivity contribution in [3.8, 4) is 0 Å². The first-order valence-electron chi connectivity index (χ1n) is 8.31. The fourth-order valence-electron chi connectivity index (χ4n) is 2.08. The van der Waals surface area contributed by atoms with E-state index in [4.69, 9.17) is 16.3 Å². The van der Waals surface area contributed by atoms with Gasteiger partial charge in [0.2, 0.25) is 0 Å². The number of rotatable bonds is 7. The lowest BCUT2D eigenvalue weighted by atomic mass is 10.2. The molecule has 1 aromatic heterocycles. The van der Waals surface area contributed by atoms with Crippen LogP contribution in [0.25, 0.3) is 0 Å². The number of ether oxygens (including phenoxy) is 1. The Morgan fingerprint density at radius 1 is 1.17 bits per heavy atom. The second-order valence-corrected chi connectivity index (χ2v) is 9.23. The predicted octanol–water partition coefficient (Wildman–Crippen LogP) is 2.59. The maximum atomic E-state index is 12.5. The number of hydrogen-bond acceptors (Lipinski definition) is 7. The van der Waals surface area contributed by atoms with E-state index in [1.165, 1.54) is 43.3 Å². The third-order valence-corrected chi connectivity index (χ3v) is 6.52. The van der Waals surface area contributed by atoms with Crippen LogP contribution >= 0.6 is 22.9 Å². The van der Waals surface area contributed by atoms with Crippen molar-refractivity contribution in [3.05, 3.63) is 46.3 Å². The van der Waals surface area contributed by atoms with Crippen LogP contribution in [0.15, 0.2) is 40.6 Å². The van der Waals surface area contributed by atoms with Crippen LogP contribution in [0.1, 0.15) is 24.2 Å². The zero-order valence-corrected chi connectivity index (χ0v) is 17.8. The average molecular weight is 460 g/mol. The third kappa shape index (κ3) is 6.17. The van der Waals surface area contributed by atoms with Gasteiger partial charge in [-0.25, -0.2) is 18.0 Å². The average Bonchev–Trinajstić information content (AvgIpc) is 3.09. The van der Waals surface area contributed by atoms with E-state index >= 15 is 0 Å². The molecule has 12 heteroatoms. The standard InChI is InChI=1S/C17H18ClN3O6S2/c1-3-19-17(24)20-15(22)10(2)27-16(23)11-6-4-5-7-12(11)21-29(25,26)14-9-8-13(18)28-14/h4-10,21H,3H2,1-2H3,(H2,19,20,22,24). The van der Waals surface area contributed by atoms with Crippen molar-refractivity contribution in [1.29, 1.82) is 0 Å². The van der Waals surface area contributed by atoms with Crippen molar-refractivity contribution in [2.75, 3.05) is 11.3 Å². The Hall–Kier alpha value is -2.63. The Bertz CT molecular complexity index is 1020. The highest BCUT2D eigenvalue weighted by Crippen LogP contribution is 2.28. The summed E-state index contributed by atoms with van der Waals surface area (Å²) < 4.78 is 32.6. The minimum atomic E-state index is -3.97. The lowest BCUT2D eigenvalue weighted by molar-refractivity contribution is -0.127. The van der Waals surface area contributed by atoms with Crippen LogP contribution in [0.2, 0.25) is 4.34 Å². The van der Waals surface area contributed by atoms with Crippen molar-refractivity contribution < 1.29 is 27.5 Å². The van der Waals surface area contributed by atoms with E-state index in [-0.39, 0.29) is 15.5 Å². The molecular weight excluding hydrogens is 442 g/mol. The topological polar surface area (TPSA) is 131 Å². The van der Waals surface area contributed by atoms with Gasteiger partial charge in [-0.2, -0.15) is 0 Å². The number of thiophene rings is 1. The van der Waals surface area contributed by atoms with E-state index in [1.807, 2.05) is 5.32 Å². The van der Waals surface area contributed by atoms with Gasteiger partial charge in [0, 0.05) is 6.54 Å². The number of urea groups is 1. The van der Waals surface area contributed by atoms with Gasteiger partial charge >= 0.3 is 12.0 Å². The van der Waals surface area contributed by atoms with Gasteiger partial charge in [0.25, 0.3) is 15.9 Å². The Kier molecular flexibility index (Phi) is 7.59. The van der Waals surface area contributed by atoms with Gasteiger partial charge in [0.15, 0.2) is 6.10 Å². The summed E-state index contributed by atoms with van der Waals surface area (Å²) in [5, 5.41) is 4.40. The largest absolute Gasteiger partial charge is 0.449 e. The molecule has 0 saturated carbocycles. The van der Waals surface area contributed by atoms with Crippen LogP contribution < -0.4 is 15.4 Å². The number of para-hydroxylation sites is 1. The predicted molar refractivity (Wildman–Crippen MR) is 109 cm³/mol. The summed E-state index contributed by atoms with van der Waals surface area (Å²) in [6.07, 6.45) is -1.29. The lowest BCUT2D eigenvalue weighted by Crippen LogP contribution is -2.44. The maximum absolute atomic E-state index is 12.5. The van der Waals surface area contributed by atoms with Gasteiger partial charge in [-0.15, -0.1) is 11.3 Å². The van der Waals surface area contributed by atoms with Crippen LogP contribution in [-0.4, -0.2) is 39.0 Å². The molecule has 156 valence electrons. The molecule has 1 heterocycles. The van der Waals surface area contributed by atoms with Crippen molar-refractivity contribution >= 4 is 56.6 Å². The summed E-state index contributed by atoms with van der Waals surface area (Å²) >= 11 is 6.64. The molecule has 2 rings (SSSR count). The first kappa shape index (κ1) is 22.7. The van der Waals surface area contributed by atoms with Crippen LogP contribution in [0.3, 0.4) is 0 Å². The molecule has 0 radical (unpaired) electrons. The molecular formula is C17H18ClN3O6S2. The summed E-state index contributed by atoms with van der Waals surface area (Å²) in [5.74, 6) is -1.76. The van der Waals surface area contributed by atoms with E-state index in [2.05, 4.69) is 10.0 Å². The molecule has 2 aromatic rings. The highest BCUT2D eigenvalue weighted by Gasteiger charge is 2.24. The zero-order chi connectivity index (χ0) is 21.6. The number of halogens is 1. The highest BCUT2D eigenvalue weighted by atomic mass is 35.5. The molecule has 0 bridgehead atoms. The first-order valence-corrected chi connectivity index (χ1v) is 11.0. The minimum Gasteiger partial charge on any atom is -0.449 e. The van der Waals surface area contributed by atoms with Crippen LogP contribution in [0.5, 0.6) is 0 Å². The van der Waals surface area contributed by atoms with E-state index in [0.717, 1.165) is 11.3 Å². The molecule has 0 aliphatic carbocycles. The minimum absolute atomic E-state index is 0.0275. The quantitative estimate of drug-likeness (QED) is 0.545. The Labute approximate surface area is 176 Å². The number of carbonyl (C=O) groups is 3. The fourth-order valence-corrected chi connectivity index (χ4v) is 4.65. The first-order chi connectivity index (χ1) is 13.6. The fraction of sp³-hybridized carbons (Fsp3) is 0.235. The smallest absolute Gasteiger partial charge is 0.341 e. The Morgan fingerprint density at radius 2 is 1.86 bits per heavy atom. The molecule has 9 nitrogen and oxygen atoms in total. The van der Waals surface area contributed by atoms with Crippen molar-refractivity contribution in [1.82, 2.24) is 10.6 Å². The van der Waals surface area contributed by atoms with Crippen LogP contribution in [0, 0.1) is 0 Å². The number of benzene rings is 1. The molecule has 3 N–H and O–H groups in total. The molecule has 1 unspecified atom stereocenters. The Morgan fingerprint density at radius 3 is 2.48 bits per heavy atom. The molecule has 0 fully saturated rings. The molecule has 0 aliphatic heterocycles. The maximum Gasteiger partial charge on any atom is 0.341 e. The van der Waals surface area contributed by atoms with E-state index in [9.17, 15) is 22.8 Å². The summed E-state index contributed by atoms with van der Waals surface area (Å²) in [6.45, 7) is 3.28. The zero-order valence-electron chi connectivity index (χ0n) is 15.4. The van der Waals surface area contributed by atoms with Gasteiger partial charge in [-0.3, -0.25) is 14.8 Å². The van der Waals surface area contributed by atoms with Gasteiger partial charge in [0.05, 0.1) is 15.6 Å². The number of imide groups is 1. The molecule has 1 atom stereocenters. The van der Waals surface area contributed by atoms with Gasteiger partial charge < -0.3 is 10.1 Å². The second-order valence-electron chi connectivity index (χ2n) is 5.61. The molecule has 0 spiro atoms. The monoisotopic (exact) mass is 459 g/mol. The number of amides is 3. The summed E-state index contributed by atoms with van der Waals surface area (Å²) in [4.78, 5) is 35.8. The third-order valence-electron chi connectivity index (χ3n) is 3.43. The molecule has 29 heavy (non-hydrogen) atoms. The second kappa shape index (κ2) is 9.72. The number of hydrogen-bond donors (Lipinski definition) is 3. The number of esters is 1. The molecule has 1 aromatic carbocycles. The normalized spacial score (nSPS) is 12.0. The number of anilines is 1. The molecule has 3 amide bonds. The van der Waals surface area contributed by atoms with Crippen molar-refractivity contribution in [3.63, 3.8) is 0 Å². The number of nitrogens with one attached hydrogen (secondary N) is 3. The molecule has 0 saturated heterocycles. The van der Waals surface area contributed by atoms with Crippen molar-refractivity contribution in [2.45, 2.75) is 24.2 Å². The van der Waals surface area contributed by atoms with Crippen LogP contribution in [0.4, 0.5) is 10.5 Å². The van der Waals surface area contributed by atoms with Crippen LogP contribution in [-0.2, 0) is 19.6 Å². The van der Waals surface area contributed by atoms with Gasteiger partial charge in [-0.05, 0) is 38.1 Å². The van der Waals surface area contributed by atoms with E-state index in [1.54, 1.807) is 6.92 Å². The SMILES string of the molecule is CCNC(=O)NC(=O)C(C)OC(=O)c1ccccc1NS(=O)(=O)c1ccc(Cl)s1.